The number of ether oxygens (including phenoxy) is 2. The molecule has 1 amide bonds. The molecule has 0 bridgehead atoms. The second kappa shape index (κ2) is 14.3. The smallest absolute Gasteiger partial charge is 0.255 e. The normalized spacial score (nSPS) is 10.5. The number of nitrogens with one attached hydrogen (secondary N) is 2. The molecule has 0 fully saturated rings. The molecule has 0 aliphatic carbocycles. The van der Waals surface area contributed by atoms with E-state index in [9.17, 15) is 18.0 Å². The lowest BCUT2D eigenvalue weighted by Gasteiger charge is -2.12. The van der Waals surface area contributed by atoms with E-state index in [1.807, 2.05) is 0 Å². The molecule has 4 aromatic rings. The van der Waals surface area contributed by atoms with E-state index in [1.165, 1.54) is 48.3 Å². The fraction of sp³-hybridized carbons (Fsp3) is 0.208. The van der Waals surface area contributed by atoms with E-state index < -0.39 is 23.4 Å². The van der Waals surface area contributed by atoms with Gasteiger partial charge in [-0.3, -0.25) is 9.20 Å². The molecule has 9 nitrogen and oxygen atoms in total. The largest absolute Gasteiger partial charge is 0.494 e. The number of aromatic nitrogens is 3. The Morgan fingerprint density at radius 3 is 2.59 bits per heavy atom. The number of methoxy groups -OCH3 is 1. The number of amides is 1. The summed E-state index contributed by atoms with van der Waals surface area (Å²) in [5, 5.41) is 5.54. The van der Waals surface area contributed by atoms with Gasteiger partial charge in [-0.15, -0.1) is 24.8 Å². The van der Waals surface area contributed by atoms with Gasteiger partial charge in [0, 0.05) is 41.2 Å². The number of anilines is 2. The van der Waals surface area contributed by atoms with Crippen LogP contribution in [-0.2, 0) is 4.74 Å². The Bertz CT molecular complexity index is 1440. The molecule has 2 aromatic heterocycles. The molecule has 210 valence electrons. The van der Waals surface area contributed by atoms with Gasteiger partial charge in [-0.25, -0.2) is 18.7 Å². The van der Waals surface area contributed by atoms with Gasteiger partial charge in [-0.1, -0.05) is 0 Å². The number of benzene rings is 2. The van der Waals surface area contributed by atoms with Crippen LogP contribution in [0, 0.1) is 17.5 Å². The van der Waals surface area contributed by atoms with Crippen LogP contribution in [0.1, 0.15) is 10.4 Å². The third-order valence-corrected chi connectivity index (χ3v) is 5.92. The van der Waals surface area contributed by atoms with Crippen molar-refractivity contribution in [3.8, 4) is 17.0 Å². The molecule has 0 aliphatic rings. The van der Waals surface area contributed by atoms with Crippen molar-refractivity contribution in [2.24, 2.45) is 5.73 Å². The summed E-state index contributed by atoms with van der Waals surface area (Å²) in [6.45, 7) is 1.16. The second-order valence-corrected chi connectivity index (χ2v) is 8.51. The van der Waals surface area contributed by atoms with Gasteiger partial charge in [0.1, 0.15) is 5.82 Å². The molecule has 2 heterocycles. The first kappa shape index (κ1) is 32.1. The zero-order valence-electron chi connectivity index (χ0n) is 20.3. The van der Waals surface area contributed by atoms with Gasteiger partial charge in [0.05, 0.1) is 37.8 Å². The van der Waals surface area contributed by atoms with Crippen LogP contribution in [-0.4, -0.2) is 53.7 Å². The number of hydrogen-bond acceptors (Lipinski definition) is 7. The molecule has 2 aromatic carbocycles. The Hall–Kier alpha value is -3.10. The number of rotatable bonds is 10. The molecular formula is C24H24BrCl2F3N6O3. The highest BCUT2D eigenvalue weighted by Gasteiger charge is 2.20. The van der Waals surface area contributed by atoms with Gasteiger partial charge in [-0.2, -0.15) is 4.39 Å². The lowest BCUT2D eigenvalue weighted by molar-refractivity contribution is 0.0915. The van der Waals surface area contributed by atoms with E-state index >= 15 is 0 Å². The zero-order valence-corrected chi connectivity index (χ0v) is 23.6. The Kier molecular flexibility index (Phi) is 11.8. The van der Waals surface area contributed by atoms with Crippen LogP contribution in [0.2, 0.25) is 0 Å². The number of nitrogens with zero attached hydrogens (tertiary/aromatic N) is 3. The van der Waals surface area contributed by atoms with E-state index in [1.54, 1.807) is 0 Å². The highest BCUT2D eigenvalue weighted by atomic mass is 79.9. The lowest BCUT2D eigenvalue weighted by atomic mass is 10.1. The van der Waals surface area contributed by atoms with E-state index in [0.717, 1.165) is 6.07 Å². The zero-order chi connectivity index (χ0) is 26.5. The summed E-state index contributed by atoms with van der Waals surface area (Å²) in [5.74, 6) is -3.58. The molecule has 0 radical (unpaired) electrons. The van der Waals surface area contributed by atoms with Crippen LogP contribution in [0.4, 0.5) is 24.7 Å². The molecule has 39 heavy (non-hydrogen) atoms. The first-order chi connectivity index (χ1) is 17.8. The number of halogens is 6. The number of nitrogens with two attached hydrogens (primary N) is 1. The third kappa shape index (κ3) is 6.92. The average molecular weight is 652 g/mol. The summed E-state index contributed by atoms with van der Waals surface area (Å²) in [7, 11) is 1.25. The van der Waals surface area contributed by atoms with Gasteiger partial charge in [-0.05, 0) is 40.2 Å². The van der Waals surface area contributed by atoms with Crippen LogP contribution >= 0.6 is 40.7 Å². The summed E-state index contributed by atoms with van der Waals surface area (Å²) in [5.41, 5.74) is 5.97. The van der Waals surface area contributed by atoms with Crippen LogP contribution in [0.3, 0.4) is 0 Å². The maximum Gasteiger partial charge on any atom is 0.255 e. The standard InChI is InChI=1S/C24H22BrF3N6O3.2ClH/c1-36-18-3-2-14(20(27)21(18)28)17-12-32-23-22(30-5-7-34(17)23)33-13-10-15(25)19(16(26)11-13)24(35)31-6-9-37-8-4-29;;/h2-3,5,7,10-12H,4,6,8-9,29H2,1H3,(H,30,33)(H,31,35);2*1H. The lowest BCUT2D eigenvalue weighted by Crippen LogP contribution is -2.29. The first-order valence-electron chi connectivity index (χ1n) is 11.0. The topological polar surface area (TPSA) is 116 Å². The van der Waals surface area contributed by atoms with Crippen molar-refractivity contribution in [1.82, 2.24) is 19.7 Å². The number of carbonyl (C=O) groups excluding carboxylic acids is 1. The van der Waals surface area contributed by atoms with Gasteiger partial charge in [0.15, 0.2) is 23.0 Å². The SMILES string of the molecule is COc1ccc(-c2cnc3c(Nc4cc(F)c(C(=O)NCCOCCN)c(Br)c4)nccn23)c(F)c1F.Cl.Cl. The maximum atomic E-state index is 14.9. The maximum absolute atomic E-state index is 14.9. The molecule has 0 saturated heterocycles. The highest BCUT2D eigenvalue weighted by molar-refractivity contribution is 9.10. The van der Waals surface area contributed by atoms with E-state index in [0.29, 0.717) is 13.2 Å². The van der Waals surface area contributed by atoms with Crippen LogP contribution < -0.4 is 21.1 Å². The quantitative estimate of drug-likeness (QED) is 0.210. The van der Waals surface area contributed by atoms with Gasteiger partial charge in [0.25, 0.3) is 5.91 Å². The number of hydrogen-bond donors (Lipinski definition) is 3. The number of imidazole rings is 1. The predicted octanol–water partition coefficient (Wildman–Crippen LogP) is 4.88. The third-order valence-electron chi connectivity index (χ3n) is 5.30. The monoisotopic (exact) mass is 650 g/mol. The van der Waals surface area contributed by atoms with Crippen molar-refractivity contribution in [2.45, 2.75) is 0 Å². The summed E-state index contributed by atoms with van der Waals surface area (Å²) in [4.78, 5) is 20.9. The van der Waals surface area contributed by atoms with Crippen LogP contribution in [0.15, 0.2) is 47.3 Å². The summed E-state index contributed by atoms with van der Waals surface area (Å²) >= 11 is 3.24. The summed E-state index contributed by atoms with van der Waals surface area (Å²) in [6.07, 6.45) is 4.33. The summed E-state index contributed by atoms with van der Waals surface area (Å²) < 4.78 is 55.6. The highest BCUT2D eigenvalue weighted by Crippen LogP contribution is 2.32. The Balaban J connectivity index is 0.00000267. The van der Waals surface area contributed by atoms with E-state index in [4.69, 9.17) is 15.2 Å². The van der Waals surface area contributed by atoms with Crippen molar-refractivity contribution in [2.75, 3.05) is 38.7 Å². The second-order valence-electron chi connectivity index (χ2n) is 7.65. The molecule has 4 rings (SSSR count). The molecule has 0 atom stereocenters. The average Bonchev–Trinajstić information content (AvgIpc) is 3.30. The minimum atomic E-state index is -1.12. The van der Waals surface area contributed by atoms with Crippen LogP contribution in [0.5, 0.6) is 5.75 Å². The van der Waals surface area contributed by atoms with Crippen LogP contribution in [0.25, 0.3) is 16.9 Å². The van der Waals surface area contributed by atoms with Crippen molar-refractivity contribution in [3.63, 3.8) is 0 Å². The fourth-order valence-corrected chi connectivity index (χ4v) is 4.22. The minimum Gasteiger partial charge on any atom is -0.494 e. The molecule has 0 spiro atoms. The molecule has 0 unspecified atom stereocenters. The van der Waals surface area contributed by atoms with Crippen molar-refractivity contribution < 1.29 is 27.4 Å². The van der Waals surface area contributed by atoms with Crippen molar-refractivity contribution in [1.29, 1.82) is 0 Å². The molecule has 4 N–H and O–H groups in total. The van der Waals surface area contributed by atoms with Crippen molar-refractivity contribution in [3.05, 3.63) is 70.3 Å². The predicted molar refractivity (Wildman–Crippen MR) is 149 cm³/mol. The van der Waals surface area contributed by atoms with Gasteiger partial charge >= 0.3 is 0 Å². The molecule has 0 aliphatic heterocycles. The van der Waals surface area contributed by atoms with E-state index in [2.05, 4.69) is 36.5 Å². The number of carbonyl (C=O) groups is 1. The Morgan fingerprint density at radius 2 is 1.90 bits per heavy atom. The van der Waals surface area contributed by atoms with Gasteiger partial charge in [0.2, 0.25) is 5.82 Å². The van der Waals surface area contributed by atoms with E-state index in [-0.39, 0.29) is 82.2 Å². The minimum absolute atomic E-state index is 0. The Morgan fingerprint density at radius 1 is 1.13 bits per heavy atom. The number of fused-ring (bicyclic) bond motifs is 1. The van der Waals surface area contributed by atoms with Gasteiger partial charge < -0.3 is 25.8 Å². The fourth-order valence-electron chi connectivity index (χ4n) is 3.60. The first-order valence-corrected chi connectivity index (χ1v) is 11.8. The molecular weight excluding hydrogens is 628 g/mol. The Labute approximate surface area is 242 Å². The molecule has 0 saturated carbocycles. The summed E-state index contributed by atoms with van der Waals surface area (Å²) in [6, 6.07) is 5.35. The van der Waals surface area contributed by atoms with Crippen molar-refractivity contribution >= 4 is 63.8 Å². The molecule has 15 heteroatoms.